The molecule has 1 atom stereocenters. The lowest BCUT2D eigenvalue weighted by atomic mass is 9.97. The zero-order valence-corrected chi connectivity index (χ0v) is 11.7. The van der Waals surface area contributed by atoms with Crippen LogP contribution < -0.4 is 5.32 Å². The van der Waals surface area contributed by atoms with Gasteiger partial charge in [0.15, 0.2) is 0 Å². The van der Waals surface area contributed by atoms with Crippen LogP contribution >= 0.6 is 0 Å². The summed E-state index contributed by atoms with van der Waals surface area (Å²) in [6.45, 7) is 9.34. The van der Waals surface area contributed by atoms with E-state index >= 15 is 0 Å². The highest BCUT2D eigenvalue weighted by Gasteiger charge is 2.24. The summed E-state index contributed by atoms with van der Waals surface area (Å²) in [5.41, 5.74) is -0.496. The van der Waals surface area contributed by atoms with Crippen molar-refractivity contribution >= 4 is 0 Å². The maximum Gasteiger partial charge on any atom is 0.0746 e. The zero-order chi connectivity index (χ0) is 12.6. The standard InChI is InChI=1S/C14H30N2O/c1-3-4-5-6-7-8-14(2,17)13-16-11-9-15-10-12-16/h15,17H,3-13H2,1-2H3. The fourth-order valence-electron chi connectivity index (χ4n) is 2.54. The maximum absolute atomic E-state index is 10.4. The van der Waals surface area contributed by atoms with Crippen molar-refractivity contribution in [2.45, 2.75) is 58.0 Å². The van der Waals surface area contributed by atoms with Crippen LogP contribution in [0, 0.1) is 0 Å². The van der Waals surface area contributed by atoms with Crippen molar-refractivity contribution in [3.8, 4) is 0 Å². The van der Waals surface area contributed by atoms with Gasteiger partial charge in [0.25, 0.3) is 0 Å². The van der Waals surface area contributed by atoms with Crippen LogP contribution in [-0.4, -0.2) is 48.3 Å². The van der Waals surface area contributed by atoms with Crippen LogP contribution in [0.2, 0.25) is 0 Å². The van der Waals surface area contributed by atoms with E-state index in [0.29, 0.717) is 0 Å². The number of hydrogen-bond donors (Lipinski definition) is 2. The summed E-state index contributed by atoms with van der Waals surface area (Å²) in [5, 5.41) is 13.7. The van der Waals surface area contributed by atoms with E-state index in [0.717, 1.165) is 39.1 Å². The third kappa shape index (κ3) is 7.02. The minimum absolute atomic E-state index is 0.496. The Morgan fingerprint density at radius 1 is 1.12 bits per heavy atom. The number of rotatable bonds is 8. The van der Waals surface area contributed by atoms with Gasteiger partial charge in [-0.3, -0.25) is 4.90 Å². The molecule has 3 heteroatoms. The average molecular weight is 242 g/mol. The average Bonchev–Trinajstić information content (AvgIpc) is 2.29. The van der Waals surface area contributed by atoms with Gasteiger partial charge in [-0.25, -0.2) is 0 Å². The fourth-order valence-corrected chi connectivity index (χ4v) is 2.54. The molecule has 0 aliphatic carbocycles. The van der Waals surface area contributed by atoms with E-state index in [1.165, 1.54) is 32.1 Å². The second-order valence-corrected chi connectivity index (χ2v) is 5.69. The van der Waals surface area contributed by atoms with Crippen LogP contribution in [0.3, 0.4) is 0 Å². The van der Waals surface area contributed by atoms with Gasteiger partial charge in [-0.05, 0) is 13.3 Å². The second kappa shape index (κ2) is 8.06. The lowest BCUT2D eigenvalue weighted by molar-refractivity contribution is 0.00728. The van der Waals surface area contributed by atoms with Crippen LogP contribution in [0.25, 0.3) is 0 Å². The van der Waals surface area contributed by atoms with E-state index in [4.69, 9.17) is 0 Å². The molecule has 17 heavy (non-hydrogen) atoms. The predicted molar refractivity (Wildman–Crippen MR) is 73.3 cm³/mol. The summed E-state index contributed by atoms with van der Waals surface area (Å²) in [6.07, 6.45) is 7.32. The topological polar surface area (TPSA) is 35.5 Å². The fraction of sp³-hybridized carbons (Fsp3) is 1.00. The van der Waals surface area contributed by atoms with Gasteiger partial charge >= 0.3 is 0 Å². The van der Waals surface area contributed by atoms with E-state index in [1.807, 2.05) is 6.92 Å². The molecular formula is C14H30N2O. The molecule has 1 unspecified atom stereocenters. The molecule has 1 fully saturated rings. The van der Waals surface area contributed by atoms with Crippen LogP contribution in [0.1, 0.15) is 52.4 Å². The third-order valence-corrected chi connectivity index (χ3v) is 3.59. The first-order chi connectivity index (χ1) is 8.14. The highest BCUT2D eigenvalue weighted by atomic mass is 16.3. The van der Waals surface area contributed by atoms with Gasteiger partial charge in [0, 0.05) is 32.7 Å². The highest BCUT2D eigenvalue weighted by Crippen LogP contribution is 2.17. The molecule has 0 radical (unpaired) electrons. The third-order valence-electron chi connectivity index (χ3n) is 3.59. The number of piperazine rings is 1. The van der Waals surface area contributed by atoms with Gasteiger partial charge in [0.2, 0.25) is 0 Å². The van der Waals surface area contributed by atoms with Crippen molar-refractivity contribution < 1.29 is 5.11 Å². The van der Waals surface area contributed by atoms with Crippen molar-refractivity contribution in [1.82, 2.24) is 10.2 Å². The molecule has 1 aliphatic heterocycles. The molecule has 1 saturated heterocycles. The first-order valence-electron chi connectivity index (χ1n) is 7.29. The second-order valence-electron chi connectivity index (χ2n) is 5.69. The Labute approximate surface area is 107 Å². The molecule has 0 aromatic carbocycles. The lowest BCUT2D eigenvalue weighted by Crippen LogP contribution is -2.49. The summed E-state index contributed by atoms with van der Waals surface area (Å²) in [7, 11) is 0. The first kappa shape index (κ1) is 14.9. The Hall–Kier alpha value is -0.120. The highest BCUT2D eigenvalue weighted by molar-refractivity contribution is 4.80. The molecule has 0 spiro atoms. The molecule has 0 amide bonds. The summed E-state index contributed by atoms with van der Waals surface area (Å²) in [5.74, 6) is 0. The number of aliphatic hydroxyl groups is 1. The van der Waals surface area contributed by atoms with Gasteiger partial charge in [0.05, 0.1) is 5.60 Å². The molecule has 2 N–H and O–H groups in total. The summed E-state index contributed by atoms with van der Waals surface area (Å²) >= 11 is 0. The Balaban J connectivity index is 2.11. The van der Waals surface area contributed by atoms with Crippen LogP contribution in [0.15, 0.2) is 0 Å². The maximum atomic E-state index is 10.4. The van der Waals surface area contributed by atoms with Gasteiger partial charge < -0.3 is 10.4 Å². The first-order valence-corrected chi connectivity index (χ1v) is 7.29. The van der Waals surface area contributed by atoms with Crippen molar-refractivity contribution in [1.29, 1.82) is 0 Å². The SMILES string of the molecule is CCCCCCCC(C)(O)CN1CCNCC1. The van der Waals surface area contributed by atoms with E-state index in [-0.39, 0.29) is 0 Å². The summed E-state index contributed by atoms with van der Waals surface area (Å²) in [4.78, 5) is 2.38. The quantitative estimate of drug-likeness (QED) is 0.639. The number of hydrogen-bond acceptors (Lipinski definition) is 3. The molecule has 1 heterocycles. The molecule has 0 saturated carbocycles. The molecule has 1 rings (SSSR count). The normalized spacial score (nSPS) is 21.4. The monoisotopic (exact) mass is 242 g/mol. The Morgan fingerprint density at radius 3 is 2.41 bits per heavy atom. The molecule has 1 aliphatic rings. The lowest BCUT2D eigenvalue weighted by Gasteiger charge is -2.34. The van der Waals surface area contributed by atoms with Crippen molar-refractivity contribution in [3.63, 3.8) is 0 Å². The van der Waals surface area contributed by atoms with E-state index in [2.05, 4.69) is 17.1 Å². The number of nitrogens with one attached hydrogen (secondary N) is 1. The molecular weight excluding hydrogens is 212 g/mol. The molecule has 0 aromatic rings. The van der Waals surface area contributed by atoms with E-state index in [9.17, 15) is 5.11 Å². The van der Waals surface area contributed by atoms with E-state index < -0.39 is 5.60 Å². The van der Waals surface area contributed by atoms with Gasteiger partial charge in [-0.15, -0.1) is 0 Å². The molecule has 3 nitrogen and oxygen atoms in total. The Bertz CT molecular complexity index is 189. The van der Waals surface area contributed by atoms with Crippen molar-refractivity contribution in [2.75, 3.05) is 32.7 Å². The number of β-amino-alcohol motifs (C(OH)–C–C–N with tert-alkyl or cyclic N) is 1. The number of unbranched alkanes of at least 4 members (excludes halogenated alkanes) is 4. The largest absolute Gasteiger partial charge is 0.389 e. The number of nitrogens with zero attached hydrogens (tertiary/aromatic N) is 1. The van der Waals surface area contributed by atoms with Crippen molar-refractivity contribution in [3.05, 3.63) is 0 Å². The molecule has 0 aromatic heterocycles. The van der Waals surface area contributed by atoms with Gasteiger partial charge in [-0.1, -0.05) is 39.0 Å². The van der Waals surface area contributed by atoms with Crippen LogP contribution in [0.5, 0.6) is 0 Å². The van der Waals surface area contributed by atoms with Crippen LogP contribution in [-0.2, 0) is 0 Å². The van der Waals surface area contributed by atoms with Gasteiger partial charge in [-0.2, -0.15) is 0 Å². The van der Waals surface area contributed by atoms with E-state index in [1.54, 1.807) is 0 Å². The minimum atomic E-state index is -0.496. The Kier molecular flexibility index (Phi) is 7.09. The molecule has 0 bridgehead atoms. The van der Waals surface area contributed by atoms with Crippen LogP contribution in [0.4, 0.5) is 0 Å². The minimum Gasteiger partial charge on any atom is -0.389 e. The van der Waals surface area contributed by atoms with Crippen molar-refractivity contribution in [2.24, 2.45) is 0 Å². The summed E-state index contributed by atoms with van der Waals surface area (Å²) < 4.78 is 0. The van der Waals surface area contributed by atoms with Gasteiger partial charge in [0.1, 0.15) is 0 Å². The summed E-state index contributed by atoms with van der Waals surface area (Å²) in [6, 6.07) is 0. The predicted octanol–water partition coefficient (Wildman–Crippen LogP) is 2.00. The molecule has 102 valence electrons. The zero-order valence-electron chi connectivity index (χ0n) is 11.7. The smallest absolute Gasteiger partial charge is 0.0746 e. The Morgan fingerprint density at radius 2 is 1.76 bits per heavy atom.